The molecule has 2 aromatic rings. The quantitative estimate of drug-likeness (QED) is 0.274. The van der Waals surface area contributed by atoms with Gasteiger partial charge in [-0.15, -0.1) is 23.5 Å². The Labute approximate surface area is 243 Å². The maximum Gasteiger partial charge on any atom is 0.410 e. The summed E-state index contributed by atoms with van der Waals surface area (Å²) < 4.78 is 24.2. The molecule has 0 N–H and O–H groups in total. The van der Waals surface area contributed by atoms with Gasteiger partial charge in [-0.3, -0.25) is 4.90 Å². The van der Waals surface area contributed by atoms with Gasteiger partial charge in [0.05, 0.1) is 23.8 Å². The zero-order valence-corrected chi connectivity index (χ0v) is 26.5. The van der Waals surface area contributed by atoms with Gasteiger partial charge in [-0.05, 0) is 34.7 Å². The molecular weight excluding hydrogens is 547 g/mol. The van der Waals surface area contributed by atoms with Crippen LogP contribution in [-0.2, 0) is 18.6 Å². The lowest BCUT2D eigenvalue weighted by molar-refractivity contribution is -0.117. The maximum atomic E-state index is 13.3. The first-order chi connectivity index (χ1) is 18.8. The third-order valence-corrected chi connectivity index (χ3v) is 16.0. The van der Waals surface area contributed by atoms with E-state index < -0.39 is 8.32 Å². The van der Waals surface area contributed by atoms with Gasteiger partial charge in [0, 0.05) is 31.3 Å². The smallest absolute Gasteiger partial charge is 0.410 e. The summed E-state index contributed by atoms with van der Waals surface area (Å²) in [5.41, 5.74) is 0. The van der Waals surface area contributed by atoms with E-state index in [1.54, 1.807) is 7.11 Å². The van der Waals surface area contributed by atoms with E-state index >= 15 is 0 Å². The first-order valence-corrected chi connectivity index (χ1v) is 17.8. The van der Waals surface area contributed by atoms with Gasteiger partial charge in [-0.2, -0.15) is 0 Å². The number of ether oxygens (including phenoxy) is 3. The van der Waals surface area contributed by atoms with E-state index in [0.29, 0.717) is 6.61 Å². The number of amides is 1. The molecule has 39 heavy (non-hydrogen) atoms. The van der Waals surface area contributed by atoms with Crippen molar-refractivity contribution in [3.8, 4) is 0 Å². The van der Waals surface area contributed by atoms with Crippen molar-refractivity contribution < 1.29 is 23.4 Å². The highest BCUT2D eigenvalue weighted by molar-refractivity contribution is 8.20. The Morgan fingerprint density at radius 2 is 1.54 bits per heavy atom. The molecule has 1 amide bonds. The Morgan fingerprint density at radius 3 is 2.05 bits per heavy atom. The molecule has 0 spiro atoms. The molecule has 2 aliphatic rings. The monoisotopic (exact) mass is 589 g/mol. The molecule has 0 unspecified atom stereocenters. The number of likely N-dealkylation sites (tertiary alicyclic amines) is 1. The van der Waals surface area contributed by atoms with Crippen molar-refractivity contribution in [3.05, 3.63) is 60.7 Å². The molecule has 2 aliphatic heterocycles. The fourth-order valence-corrected chi connectivity index (χ4v) is 13.9. The van der Waals surface area contributed by atoms with Crippen LogP contribution in [0.2, 0.25) is 5.04 Å². The third-order valence-electron chi connectivity index (χ3n) is 7.78. The molecule has 4 rings (SSSR count). The summed E-state index contributed by atoms with van der Waals surface area (Å²) in [5, 5.41) is 2.44. The fourth-order valence-electron chi connectivity index (χ4n) is 6.08. The summed E-state index contributed by atoms with van der Waals surface area (Å²) in [4.78, 5) is 15.3. The lowest BCUT2D eigenvalue weighted by Gasteiger charge is -2.48. The van der Waals surface area contributed by atoms with Gasteiger partial charge in [0.2, 0.25) is 0 Å². The van der Waals surface area contributed by atoms with Gasteiger partial charge < -0.3 is 18.6 Å². The molecule has 3 atom stereocenters. The number of rotatable bonds is 10. The number of carbonyl (C=O) groups is 1. The minimum Gasteiger partial charge on any atom is -0.453 e. The van der Waals surface area contributed by atoms with Gasteiger partial charge in [0.25, 0.3) is 8.32 Å². The summed E-state index contributed by atoms with van der Waals surface area (Å²) in [6.07, 6.45) is 2.10. The largest absolute Gasteiger partial charge is 0.453 e. The van der Waals surface area contributed by atoms with Crippen LogP contribution in [0.1, 0.15) is 40.0 Å². The normalized spacial score (nSPS) is 22.7. The summed E-state index contributed by atoms with van der Waals surface area (Å²) in [6, 6.07) is 21.4. The van der Waals surface area contributed by atoms with E-state index in [0.717, 1.165) is 30.8 Å². The molecule has 0 radical (unpaired) electrons. The fraction of sp³-hybridized carbons (Fsp3) is 0.567. The molecule has 214 valence electrons. The number of piperidine rings is 1. The van der Waals surface area contributed by atoms with Crippen LogP contribution >= 0.6 is 23.5 Å². The summed E-state index contributed by atoms with van der Waals surface area (Å²) >= 11 is 3.83. The molecule has 0 aromatic heterocycles. The van der Waals surface area contributed by atoms with Crippen molar-refractivity contribution in [2.75, 3.05) is 39.1 Å². The van der Waals surface area contributed by atoms with E-state index in [-0.39, 0.29) is 40.7 Å². The van der Waals surface area contributed by atoms with Gasteiger partial charge in [-0.25, -0.2) is 4.79 Å². The van der Waals surface area contributed by atoms with Gasteiger partial charge in [0.15, 0.2) is 0 Å². The third kappa shape index (κ3) is 6.71. The van der Waals surface area contributed by atoms with Crippen molar-refractivity contribution in [1.29, 1.82) is 0 Å². The van der Waals surface area contributed by atoms with Crippen LogP contribution in [0.3, 0.4) is 0 Å². The van der Waals surface area contributed by atoms with Gasteiger partial charge in [0.1, 0.15) is 6.79 Å². The van der Waals surface area contributed by atoms with Crippen LogP contribution in [0, 0.1) is 0 Å². The number of nitrogens with zero attached hydrogens (tertiary/aromatic N) is 1. The zero-order valence-electron chi connectivity index (χ0n) is 23.8. The Kier molecular flexibility index (Phi) is 10.9. The maximum absolute atomic E-state index is 13.3. The predicted octanol–water partition coefficient (Wildman–Crippen LogP) is 5.35. The Bertz CT molecular complexity index is 993. The highest BCUT2D eigenvalue weighted by Gasteiger charge is 2.51. The molecule has 0 bridgehead atoms. The molecular formula is C30H43NO5S2Si. The van der Waals surface area contributed by atoms with Crippen LogP contribution in [0.15, 0.2) is 60.7 Å². The minimum absolute atomic E-state index is 0.0184. The molecule has 0 saturated carbocycles. The van der Waals surface area contributed by atoms with Crippen molar-refractivity contribution in [1.82, 2.24) is 4.90 Å². The van der Waals surface area contributed by atoms with Crippen LogP contribution in [0.5, 0.6) is 0 Å². The Balaban J connectivity index is 1.61. The average Bonchev–Trinajstić information content (AvgIpc) is 3.49. The topological polar surface area (TPSA) is 57.2 Å². The molecule has 6 nitrogen and oxygen atoms in total. The van der Waals surface area contributed by atoms with Crippen molar-refractivity contribution in [2.24, 2.45) is 0 Å². The Hall–Kier alpha value is -1.49. The summed E-state index contributed by atoms with van der Waals surface area (Å²) in [5.74, 6) is 2.17. The van der Waals surface area contributed by atoms with E-state index in [2.05, 4.69) is 81.4 Å². The highest BCUT2D eigenvalue weighted by atomic mass is 32.2. The summed E-state index contributed by atoms with van der Waals surface area (Å²) in [6.45, 7) is 7.67. The average molecular weight is 590 g/mol. The number of hydrogen-bond donors (Lipinski definition) is 0. The number of carbonyl (C=O) groups excluding carboxylic acids is 1. The molecule has 9 heteroatoms. The lowest BCUT2D eigenvalue weighted by Crippen LogP contribution is -2.67. The molecule has 2 fully saturated rings. The van der Waals surface area contributed by atoms with Crippen LogP contribution < -0.4 is 10.4 Å². The van der Waals surface area contributed by atoms with Crippen LogP contribution in [0.4, 0.5) is 4.79 Å². The zero-order chi connectivity index (χ0) is 27.9. The second-order valence-electron chi connectivity index (χ2n) is 11.1. The van der Waals surface area contributed by atoms with Gasteiger partial charge >= 0.3 is 6.09 Å². The number of thioether (sulfide) groups is 2. The minimum atomic E-state index is -2.65. The number of benzene rings is 2. The second-order valence-corrected chi connectivity index (χ2v) is 18.2. The van der Waals surface area contributed by atoms with Crippen LogP contribution in [0.25, 0.3) is 0 Å². The first kappa shape index (κ1) is 30.5. The van der Waals surface area contributed by atoms with Crippen LogP contribution in [-0.4, -0.2) is 81.2 Å². The molecule has 2 saturated heterocycles. The first-order valence-electron chi connectivity index (χ1n) is 13.8. The second kappa shape index (κ2) is 13.9. The molecule has 0 aliphatic carbocycles. The lowest BCUT2D eigenvalue weighted by atomic mass is 9.92. The van der Waals surface area contributed by atoms with E-state index in [1.807, 2.05) is 28.4 Å². The van der Waals surface area contributed by atoms with Crippen molar-refractivity contribution in [3.63, 3.8) is 0 Å². The van der Waals surface area contributed by atoms with Crippen molar-refractivity contribution in [2.45, 2.75) is 67.8 Å². The SMILES string of the molecule is COCO[C@@H]1CC[C@H](CCO[Si](c2ccccc2)(c2ccccc2)C(C)(C)C)N(C(=O)OC)[C@@H]1C1SCCS1. The van der Waals surface area contributed by atoms with E-state index in [4.69, 9.17) is 18.6 Å². The predicted molar refractivity (Wildman–Crippen MR) is 165 cm³/mol. The van der Waals surface area contributed by atoms with Crippen molar-refractivity contribution >= 4 is 48.3 Å². The highest BCUT2D eigenvalue weighted by Crippen LogP contribution is 2.43. The number of methoxy groups -OCH3 is 2. The standard InChI is InChI=1S/C30H43NO5S2Si/c1-30(2,3)39(24-12-8-6-9-13-24,25-14-10-7-11-15-25)36-19-18-23-16-17-26(35-22-33-4)27(28-37-20-21-38-28)31(23)29(32)34-5/h6-15,23,26-28H,16-22H2,1-5H3/t23-,26-,27+/m1/s1. The summed E-state index contributed by atoms with van der Waals surface area (Å²) in [7, 11) is 0.466. The van der Waals surface area contributed by atoms with E-state index in [9.17, 15) is 4.79 Å². The van der Waals surface area contributed by atoms with Gasteiger partial charge in [-0.1, -0.05) is 81.4 Å². The molecule has 2 aromatic carbocycles. The Morgan fingerprint density at radius 1 is 0.949 bits per heavy atom. The number of hydrogen-bond acceptors (Lipinski definition) is 7. The van der Waals surface area contributed by atoms with E-state index in [1.165, 1.54) is 17.5 Å². The molecule has 2 heterocycles.